The van der Waals surface area contributed by atoms with Gasteiger partial charge in [0.25, 0.3) is 0 Å². The second kappa shape index (κ2) is 11.4. The predicted octanol–water partition coefficient (Wildman–Crippen LogP) is 2.13. The van der Waals surface area contributed by atoms with Gasteiger partial charge >= 0.3 is 211 Å². The molecule has 4 aromatic carbocycles. The van der Waals surface area contributed by atoms with Crippen molar-refractivity contribution in [1.29, 1.82) is 0 Å². The van der Waals surface area contributed by atoms with E-state index in [4.69, 9.17) is 0 Å². The minimum atomic E-state index is -2.58. The molecule has 6 rings (SSSR count). The van der Waals surface area contributed by atoms with E-state index in [-0.39, 0.29) is 24.8 Å². The van der Waals surface area contributed by atoms with Crippen LogP contribution >= 0.6 is 0 Å². The van der Waals surface area contributed by atoms with Crippen LogP contribution in [0.4, 0.5) is 0 Å². The number of hydrogen-bond donors (Lipinski definition) is 0. The molecule has 1 atom stereocenters. The van der Waals surface area contributed by atoms with Crippen molar-refractivity contribution in [3.8, 4) is 11.1 Å². The van der Waals surface area contributed by atoms with Crippen molar-refractivity contribution in [2.75, 3.05) is 0 Å². The second-order valence-electron chi connectivity index (χ2n) is 9.43. The Labute approximate surface area is 234 Å². The summed E-state index contributed by atoms with van der Waals surface area (Å²) in [4.78, 5) is 0. The maximum atomic E-state index is 2.54. The van der Waals surface area contributed by atoms with Gasteiger partial charge in [-0.2, -0.15) is 0 Å². The van der Waals surface area contributed by atoms with Crippen LogP contribution in [0.2, 0.25) is 0 Å². The molecule has 0 fully saturated rings. The number of allylic oxidation sites excluding steroid dienone is 4. The Kier molecular flexibility index (Phi) is 8.46. The molecule has 4 aromatic rings. The SMILES string of the molecule is CC1=CC(C)[C]([Zr+2](=[C](c2ccccc2)c2ccccc2)[CH]2c3ccccc3-c3ccccc32)=C1.[Cl-].[Cl-]. The Morgan fingerprint density at radius 2 is 1.06 bits per heavy atom. The average molecular weight is 587 g/mol. The molecular weight excluding hydrogens is 558 g/mol. The smallest absolute Gasteiger partial charge is 1.00 e. The fraction of sp³-hybridized carbons (Fsp3) is 0.121. The maximum absolute atomic E-state index is 2.58. The molecule has 0 saturated carbocycles. The molecule has 36 heavy (non-hydrogen) atoms. The fourth-order valence-electron chi connectivity index (χ4n) is 5.84. The number of fused-ring (bicyclic) bond motifs is 3. The fourth-order valence-corrected chi connectivity index (χ4v) is 15.5. The number of benzene rings is 4. The monoisotopic (exact) mass is 584 g/mol. The summed E-state index contributed by atoms with van der Waals surface area (Å²) in [6, 6.07) is 40.7. The van der Waals surface area contributed by atoms with Crippen molar-refractivity contribution in [1.82, 2.24) is 0 Å². The summed E-state index contributed by atoms with van der Waals surface area (Å²) in [7, 11) is 0. The Balaban J connectivity index is 0.00000152. The topological polar surface area (TPSA) is 0 Å². The Morgan fingerprint density at radius 1 is 0.611 bits per heavy atom. The van der Waals surface area contributed by atoms with Crippen LogP contribution in [0.5, 0.6) is 0 Å². The molecule has 0 heterocycles. The first kappa shape index (κ1) is 26.7. The average Bonchev–Trinajstić information content (AvgIpc) is 3.39. The van der Waals surface area contributed by atoms with E-state index < -0.39 is 21.3 Å². The van der Waals surface area contributed by atoms with Crippen LogP contribution in [-0.4, -0.2) is 3.21 Å². The number of halogens is 2. The molecule has 0 aromatic heterocycles. The molecule has 3 heteroatoms. The summed E-state index contributed by atoms with van der Waals surface area (Å²) >= 11 is -2.58. The van der Waals surface area contributed by atoms with Crippen molar-refractivity contribution < 1.29 is 46.1 Å². The summed E-state index contributed by atoms with van der Waals surface area (Å²) in [5.74, 6) is 0.497. The molecule has 0 aliphatic heterocycles. The summed E-state index contributed by atoms with van der Waals surface area (Å²) < 4.78 is 3.79. The molecule has 0 saturated heterocycles. The van der Waals surface area contributed by atoms with Gasteiger partial charge in [-0.05, 0) is 0 Å². The van der Waals surface area contributed by atoms with Gasteiger partial charge in [0.2, 0.25) is 0 Å². The first-order valence-corrected chi connectivity index (χ1v) is 16.0. The molecule has 1 unspecified atom stereocenters. The zero-order valence-electron chi connectivity index (χ0n) is 20.5. The molecule has 0 spiro atoms. The van der Waals surface area contributed by atoms with Crippen LogP contribution in [-0.2, 0) is 21.3 Å². The Bertz CT molecular complexity index is 1380. The minimum absolute atomic E-state index is 0. The zero-order valence-corrected chi connectivity index (χ0v) is 24.4. The van der Waals surface area contributed by atoms with Crippen LogP contribution in [0.1, 0.15) is 39.7 Å². The molecule has 2 aliphatic carbocycles. The van der Waals surface area contributed by atoms with Crippen molar-refractivity contribution in [2.24, 2.45) is 5.92 Å². The normalized spacial score (nSPS) is 15.3. The van der Waals surface area contributed by atoms with Gasteiger partial charge in [0.15, 0.2) is 0 Å². The predicted molar refractivity (Wildman–Crippen MR) is 141 cm³/mol. The van der Waals surface area contributed by atoms with Crippen LogP contribution in [0.3, 0.4) is 0 Å². The summed E-state index contributed by atoms with van der Waals surface area (Å²) in [6.45, 7) is 4.68. The summed E-state index contributed by atoms with van der Waals surface area (Å²) in [6.07, 6.45) is 5.01. The molecule has 0 bridgehead atoms. The van der Waals surface area contributed by atoms with Gasteiger partial charge < -0.3 is 24.8 Å². The van der Waals surface area contributed by atoms with Crippen molar-refractivity contribution >= 4 is 3.21 Å². The maximum Gasteiger partial charge on any atom is -1.00 e. The van der Waals surface area contributed by atoms with Gasteiger partial charge in [-0.15, -0.1) is 0 Å². The van der Waals surface area contributed by atoms with Crippen LogP contribution in [0.15, 0.2) is 130 Å². The van der Waals surface area contributed by atoms with Crippen LogP contribution in [0.25, 0.3) is 11.1 Å². The van der Waals surface area contributed by atoms with Crippen molar-refractivity contribution in [2.45, 2.75) is 17.5 Å². The van der Waals surface area contributed by atoms with Gasteiger partial charge in [0.05, 0.1) is 0 Å². The van der Waals surface area contributed by atoms with E-state index in [0.717, 1.165) is 0 Å². The largest absolute Gasteiger partial charge is 1.00 e. The second-order valence-corrected chi connectivity index (χ2v) is 15.5. The van der Waals surface area contributed by atoms with Gasteiger partial charge in [0.1, 0.15) is 0 Å². The van der Waals surface area contributed by atoms with E-state index in [2.05, 4.69) is 135 Å². The van der Waals surface area contributed by atoms with E-state index in [1.807, 2.05) is 0 Å². The summed E-state index contributed by atoms with van der Waals surface area (Å²) in [5.41, 5.74) is 10.1. The molecule has 178 valence electrons. The number of hydrogen-bond acceptors (Lipinski definition) is 0. The van der Waals surface area contributed by atoms with Crippen LogP contribution < -0.4 is 24.8 Å². The Morgan fingerprint density at radius 3 is 1.50 bits per heavy atom. The van der Waals surface area contributed by atoms with Gasteiger partial charge in [-0.25, -0.2) is 0 Å². The number of rotatable bonds is 4. The van der Waals surface area contributed by atoms with E-state index in [0.29, 0.717) is 9.54 Å². The third-order valence-corrected chi connectivity index (χ3v) is 15.9. The van der Waals surface area contributed by atoms with Crippen molar-refractivity contribution in [3.05, 3.63) is 152 Å². The van der Waals surface area contributed by atoms with Crippen molar-refractivity contribution in [3.63, 3.8) is 0 Å². The summed E-state index contributed by atoms with van der Waals surface area (Å²) in [5, 5.41) is 0. The van der Waals surface area contributed by atoms with Gasteiger partial charge in [-0.1, -0.05) is 0 Å². The van der Waals surface area contributed by atoms with E-state index >= 15 is 0 Å². The molecule has 0 nitrogen and oxygen atoms in total. The van der Waals surface area contributed by atoms with E-state index in [1.165, 1.54) is 39.0 Å². The molecule has 2 aliphatic rings. The molecule has 0 N–H and O–H groups in total. The Hall–Kier alpha value is -2.31. The van der Waals surface area contributed by atoms with Gasteiger partial charge in [0, 0.05) is 0 Å². The molecule has 0 radical (unpaired) electrons. The molecular formula is C33H28Cl2Zr. The first-order chi connectivity index (χ1) is 16.7. The standard InChI is InChI=1S/C13H9.C13H10.C7H9.2ClH.Zr/c1-3-7-12-10(5-1)9-11-6-2-4-8-13(11)12;1-3-7-12(8-4-1)11-13-9-5-2-6-10-13;1-6-3-4-7(2)5-6;;;/h1-9H;1-10H;3,5,7H,1-2H3;2*1H;/q;;;;;+2/p-2. The zero-order chi connectivity index (χ0) is 23.1. The van der Waals surface area contributed by atoms with E-state index in [9.17, 15) is 0 Å². The van der Waals surface area contributed by atoms with E-state index in [1.54, 1.807) is 6.49 Å². The first-order valence-electron chi connectivity index (χ1n) is 12.2. The van der Waals surface area contributed by atoms with Gasteiger partial charge in [-0.3, -0.25) is 0 Å². The minimum Gasteiger partial charge on any atom is -1.00 e. The van der Waals surface area contributed by atoms with Crippen LogP contribution in [0, 0.1) is 5.92 Å². The third kappa shape index (κ3) is 4.70. The molecule has 0 amide bonds. The third-order valence-electron chi connectivity index (χ3n) is 7.21. The quantitative estimate of drug-likeness (QED) is 0.344.